The standard InChI is InChI=1S/C28H31N7O2/c1-33-10-12-34(13-11-33)17-19-2-4-20(5-3-19)21-6-7-25-23(14-21)24-18-35(9-8-26(24)31-25)28-29-15-22(16-30-28)27(36)32-37/h2-7,14-16,26,37H,8-13,17-18H2,1H3,(H,32,36). The van der Waals surface area contributed by atoms with Crippen LogP contribution >= 0.6 is 0 Å². The Morgan fingerprint density at radius 3 is 2.46 bits per heavy atom. The monoisotopic (exact) mass is 497 g/mol. The first-order valence-electron chi connectivity index (χ1n) is 12.8. The molecule has 2 saturated heterocycles. The average Bonchev–Trinajstić information content (AvgIpc) is 3.31. The number of nitrogens with one attached hydrogen (secondary N) is 1. The van der Waals surface area contributed by atoms with Crippen LogP contribution < -0.4 is 21.0 Å². The third-order valence-electron chi connectivity index (χ3n) is 7.65. The molecule has 1 aromatic heterocycles. The molecule has 0 spiro atoms. The van der Waals surface area contributed by atoms with E-state index in [9.17, 15) is 4.79 Å². The predicted molar refractivity (Wildman–Crippen MR) is 141 cm³/mol. The summed E-state index contributed by atoms with van der Waals surface area (Å²) in [5.41, 5.74) is 6.87. The highest BCUT2D eigenvalue weighted by Gasteiger charge is 2.28. The number of piperazine rings is 1. The van der Waals surface area contributed by atoms with Crippen molar-refractivity contribution in [3.8, 4) is 11.1 Å². The molecule has 3 aromatic rings. The fraction of sp³-hybridized carbons (Fsp3) is 0.357. The number of hydroxylamine groups is 1. The van der Waals surface area contributed by atoms with Gasteiger partial charge in [0.2, 0.25) is 5.95 Å². The number of hydrogen-bond donors (Lipinski definition) is 2. The molecule has 37 heavy (non-hydrogen) atoms. The molecule has 3 aliphatic rings. The zero-order valence-electron chi connectivity index (χ0n) is 21.0. The molecule has 0 bridgehead atoms. The molecule has 4 heterocycles. The minimum absolute atomic E-state index is 0.187. The summed E-state index contributed by atoms with van der Waals surface area (Å²) in [6.07, 6.45) is 3.76. The fourth-order valence-electron chi connectivity index (χ4n) is 5.41. The Morgan fingerprint density at radius 2 is 1.73 bits per heavy atom. The first-order chi connectivity index (χ1) is 18.1. The van der Waals surface area contributed by atoms with Crippen LogP contribution in [0.15, 0.2) is 59.9 Å². The molecule has 0 saturated carbocycles. The maximum absolute atomic E-state index is 11.6. The van der Waals surface area contributed by atoms with Crippen molar-refractivity contribution in [3.63, 3.8) is 0 Å². The van der Waals surface area contributed by atoms with E-state index in [4.69, 9.17) is 10.2 Å². The Morgan fingerprint density at radius 1 is 1.00 bits per heavy atom. The zero-order valence-corrected chi connectivity index (χ0v) is 21.0. The van der Waals surface area contributed by atoms with E-state index in [0.717, 1.165) is 51.0 Å². The van der Waals surface area contributed by atoms with Crippen LogP contribution in [0.25, 0.3) is 16.7 Å². The highest BCUT2D eigenvalue weighted by atomic mass is 16.5. The second-order valence-corrected chi connectivity index (χ2v) is 10.1. The zero-order chi connectivity index (χ0) is 25.4. The smallest absolute Gasteiger partial charge is 0.277 e. The Hall–Kier alpha value is -3.66. The third kappa shape index (κ3) is 4.85. The van der Waals surface area contributed by atoms with E-state index < -0.39 is 5.91 Å². The summed E-state index contributed by atoms with van der Waals surface area (Å²) in [6.45, 7) is 6.99. The number of benzene rings is 2. The molecular formula is C28H31N7O2. The lowest BCUT2D eigenvalue weighted by Crippen LogP contribution is -2.43. The second-order valence-electron chi connectivity index (χ2n) is 10.1. The number of anilines is 1. The molecule has 2 N–H and O–H groups in total. The quantitative estimate of drug-likeness (QED) is 0.402. The van der Waals surface area contributed by atoms with Gasteiger partial charge in [-0.05, 0) is 47.9 Å². The Bertz CT molecular complexity index is 1410. The van der Waals surface area contributed by atoms with Gasteiger partial charge in [-0.25, -0.2) is 15.4 Å². The molecule has 0 radical (unpaired) electrons. The lowest BCUT2D eigenvalue weighted by atomic mass is 9.97. The Kier molecular flexibility index (Phi) is 6.42. The predicted octanol–water partition coefficient (Wildman–Crippen LogP) is 1.07. The molecule has 1 amide bonds. The number of carbonyl (C=O) groups is 1. The van der Waals surface area contributed by atoms with E-state index in [-0.39, 0.29) is 11.6 Å². The lowest BCUT2D eigenvalue weighted by molar-refractivity contribution is 0.0705. The molecule has 0 aliphatic carbocycles. The normalized spacial score (nSPS) is 19.8. The molecule has 6 rings (SSSR count). The van der Waals surface area contributed by atoms with Crippen LogP contribution in [0.2, 0.25) is 0 Å². The summed E-state index contributed by atoms with van der Waals surface area (Å²) < 4.78 is 0. The summed E-state index contributed by atoms with van der Waals surface area (Å²) in [4.78, 5) is 32.3. The number of aromatic nitrogens is 2. The van der Waals surface area contributed by atoms with Gasteiger partial charge in [0, 0.05) is 63.4 Å². The summed E-state index contributed by atoms with van der Waals surface area (Å²) >= 11 is 0. The first-order valence-corrected chi connectivity index (χ1v) is 12.8. The van der Waals surface area contributed by atoms with Crippen molar-refractivity contribution in [2.75, 3.05) is 51.2 Å². The molecule has 2 aromatic carbocycles. The van der Waals surface area contributed by atoms with Crippen LogP contribution in [-0.2, 0) is 6.54 Å². The minimum atomic E-state index is -0.622. The lowest BCUT2D eigenvalue weighted by Gasteiger charge is -2.32. The van der Waals surface area contributed by atoms with Gasteiger partial charge in [0.15, 0.2) is 0 Å². The summed E-state index contributed by atoms with van der Waals surface area (Å²) in [5, 5.41) is 11.1. The van der Waals surface area contributed by atoms with Crippen molar-refractivity contribution < 1.29 is 10.0 Å². The van der Waals surface area contributed by atoms with Crippen LogP contribution in [-0.4, -0.2) is 83.2 Å². The molecule has 190 valence electrons. The Labute approximate surface area is 215 Å². The van der Waals surface area contributed by atoms with Crippen molar-refractivity contribution in [2.24, 2.45) is 4.99 Å². The van der Waals surface area contributed by atoms with Gasteiger partial charge in [0.1, 0.15) is 0 Å². The van der Waals surface area contributed by atoms with Gasteiger partial charge in [-0.15, -0.1) is 0 Å². The van der Waals surface area contributed by atoms with Gasteiger partial charge >= 0.3 is 0 Å². The number of nitrogens with zero attached hydrogens (tertiary/aromatic N) is 6. The molecule has 1 unspecified atom stereocenters. The van der Waals surface area contributed by atoms with Crippen LogP contribution in [0.5, 0.6) is 0 Å². The number of fused-ring (bicyclic) bond motifs is 2. The Balaban J connectivity index is 1.21. The highest BCUT2D eigenvalue weighted by Crippen LogP contribution is 2.25. The van der Waals surface area contributed by atoms with E-state index >= 15 is 0 Å². The van der Waals surface area contributed by atoms with Gasteiger partial charge in [-0.1, -0.05) is 30.3 Å². The van der Waals surface area contributed by atoms with Crippen LogP contribution in [0, 0.1) is 0 Å². The first kappa shape index (κ1) is 23.7. The van der Waals surface area contributed by atoms with Gasteiger partial charge in [0.05, 0.1) is 17.0 Å². The van der Waals surface area contributed by atoms with E-state index in [1.54, 1.807) is 5.48 Å². The molecule has 1 atom stereocenters. The number of likely N-dealkylation sites (N-methyl/N-ethyl adjacent to an activating group) is 1. The van der Waals surface area contributed by atoms with Crippen molar-refractivity contribution in [2.45, 2.75) is 19.0 Å². The van der Waals surface area contributed by atoms with Crippen molar-refractivity contribution in [1.29, 1.82) is 0 Å². The topological polar surface area (TPSA) is 97.2 Å². The highest BCUT2D eigenvalue weighted by molar-refractivity contribution is 5.92. The largest absolute Gasteiger partial charge is 0.337 e. The number of amides is 1. The SMILES string of the molecule is CN1CCN(Cc2ccc(-c3ccc4c(c3)=C3CN(c5ncc(C(=O)NO)cn5)CCC3N=4)cc2)CC1. The summed E-state index contributed by atoms with van der Waals surface area (Å²) in [7, 11) is 2.19. The molecule has 9 heteroatoms. The second kappa shape index (κ2) is 10.0. The molecule has 9 nitrogen and oxygen atoms in total. The third-order valence-corrected chi connectivity index (χ3v) is 7.65. The van der Waals surface area contributed by atoms with Gasteiger partial charge < -0.3 is 9.80 Å². The van der Waals surface area contributed by atoms with Crippen LogP contribution in [0.3, 0.4) is 0 Å². The maximum atomic E-state index is 11.6. The maximum Gasteiger partial charge on any atom is 0.277 e. The number of piperidine rings is 1. The number of carbonyl (C=O) groups excluding carboxylic acids is 1. The van der Waals surface area contributed by atoms with Gasteiger partial charge in [-0.2, -0.15) is 0 Å². The van der Waals surface area contributed by atoms with Crippen LogP contribution in [0.1, 0.15) is 22.3 Å². The van der Waals surface area contributed by atoms with Gasteiger partial charge in [-0.3, -0.25) is 19.9 Å². The van der Waals surface area contributed by atoms with Gasteiger partial charge in [0.25, 0.3) is 5.91 Å². The number of rotatable bonds is 5. The van der Waals surface area contributed by atoms with E-state index in [1.165, 1.54) is 39.9 Å². The molecule has 2 fully saturated rings. The van der Waals surface area contributed by atoms with E-state index in [1.807, 2.05) is 0 Å². The van der Waals surface area contributed by atoms with E-state index in [2.05, 4.69) is 74.2 Å². The fourth-order valence-corrected chi connectivity index (χ4v) is 5.41. The number of hydrogen-bond acceptors (Lipinski definition) is 8. The summed E-state index contributed by atoms with van der Waals surface area (Å²) in [5.74, 6) is -0.0518. The van der Waals surface area contributed by atoms with Crippen molar-refractivity contribution in [1.82, 2.24) is 25.2 Å². The summed E-state index contributed by atoms with van der Waals surface area (Å²) in [6, 6.07) is 15.7. The average molecular weight is 498 g/mol. The van der Waals surface area contributed by atoms with Crippen LogP contribution in [0.4, 0.5) is 5.95 Å². The van der Waals surface area contributed by atoms with Crippen molar-refractivity contribution >= 4 is 17.4 Å². The van der Waals surface area contributed by atoms with E-state index in [0.29, 0.717) is 12.5 Å². The van der Waals surface area contributed by atoms with Crippen molar-refractivity contribution in [3.05, 3.63) is 76.6 Å². The molecule has 3 aliphatic heterocycles. The minimum Gasteiger partial charge on any atom is -0.337 e. The molecular weight excluding hydrogens is 466 g/mol.